The number of rotatable bonds is 5. The summed E-state index contributed by atoms with van der Waals surface area (Å²) in [5, 5.41) is 0. The second kappa shape index (κ2) is 6.29. The lowest BCUT2D eigenvalue weighted by Gasteiger charge is -2.04. The zero-order valence-corrected chi connectivity index (χ0v) is 11.2. The molecule has 0 saturated heterocycles. The van der Waals surface area contributed by atoms with Crippen LogP contribution < -0.4 is 11.2 Å². The van der Waals surface area contributed by atoms with Gasteiger partial charge < -0.3 is 4.74 Å². The zero-order valence-electron chi connectivity index (χ0n) is 9.57. The first kappa shape index (κ1) is 14.4. The molecule has 0 unspecified atom stereocenters. The maximum atomic E-state index is 11.5. The first-order valence-electron chi connectivity index (χ1n) is 5.10. The third-order valence-electron chi connectivity index (χ3n) is 1.96. The van der Waals surface area contributed by atoms with Crippen molar-refractivity contribution in [2.24, 2.45) is 0 Å². The smallest absolute Gasteiger partial charge is 0.328 e. The molecule has 0 aliphatic rings. The molecule has 0 fully saturated rings. The van der Waals surface area contributed by atoms with Crippen LogP contribution in [0.5, 0.6) is 0 Å². The van der Waals surface area contributed by atoms with Crippen molar-refractivity contribution in [2.75, 3.05) is 6.61 Å². The topological polar surface area (TPSA) is 98.2 Å². The number of carbonyl (C=O) groups is 2. The van der Waals surface area contributed by atoms with Gasteiger partial charge in [-0.15, -0.1) is 0 Å². The van der Waals surface area contributed by atoms with E-state index < -0.39 is 29.4 Å². The number of halogens is 1. The average Bonchev–Trinajstić information content (AvgIpc) is 2.26. The summed E-state index contributed by atoms with van der Waals surface area (Å²) in [6.07, 6.45) is 0.793. The minimum absolute atomic E-state index is 0.131. The van der Waals surface area contributed by atoms with Crippen LogP contribution in [0.2, 0.25) is 0 Å². The lowest BCUT2D eigenvalue weighted by molar-refractivity contribution is -0.145. The number of hydrogen-bond acceptors (Lipinski definition) is 5. The molecule has 1 N–H and O–H groups in total. The molecule has 0 spiro atoms. The minimum atomic E-state index is -0.708. The first-order chi connectivity index (χ1) is 8.43. The molecule has 0 amide bonds. The highest BCUT2D eigenvalue weighted by Crippen LogP contribution is 1.99. The summed E-state index contributed by atoms with van der Waals surface area (Å²) in [5.74, 6) is -1.12. The second-order valence-corrected chi connectivity index (χ2v) is 4.24. The summed E-state index contributed by atoms with van der Waals surface area (Å²) in [7, 11) is 0. The van der Waals surface area contributed by atoms with Crippen molar-refractivity contribution >= 4 is 27.7 Å². The molecule has 0 aliphatic carbocycles. The second-order valence-electron chi connectivity index (χ2n) is 3.38. The zero-order chi connectivity index (χ0) is 13.7. The minimum Gasteiger partial charge on any atom is -0.466 e. The molecule has 0 bridgehead atoms. The largest absolute Gasteiger partial charge is 0.466 e. The Balaban J connectivity index is 2.77. The fourth-order valence-corrected chi connectivity index (χ4v) is 1.57. The van der Waals surface area contributed by atoms with E-state index in [1.165, 1.54) is 6.20 Å². The van der Waals surface area contributed by atoms with Crippen molar-refractivity contribution in [1.29, 1.82) is 0 Å². The molecule has 98 valence electrons. The Bertz CT molecular complexity index is 574. The van der Waals surface area contributed by atoms with Crippen molar-refractivity contribution in [2.45, 2.75) is 19.9 Å². The molecule has 7 nitrogen and oxygen atoms in total. The SMILES string of the molecule is CCOC(=O)CC(=O)Cn1cc(Br)c(=O)[nH]c1=O. The normalized spacial score (nSPS) is 10.1. The van der Waals surface area contributed by atoms with E-state index in [2.05, 4.69) is 20.7 Å². The van der Waals surface area contributed by atoms with E-state index in [4.69, 9.17) is 0 Å². The molecule has 0 atom stereocenters. The first-order valence-corrected chi connectivity index (χ1v) is 5.90. The Labute approximate surface area is 110 Å². The van der Waals surface area contributed by atoms with Crippen LogP contribution in [0.15, 0.2) is 20.3 Å². The van der Waals surface area contributed by atoms with E-state index in [0.717, 1.165) is 4.57 Å². The summed E-state index contributed by atoms with van der Waals surface area (Å²) < 4.78 is 5.75. The van der Waals surface area contributed by atoms with Gasteiger partial charge in [-0.3, -0.25) is 23.9 Å². The monoisotopic (exact) mass is 318 g/mol. The molecular formula is C10H11BrN2O5. The van der Waals surface area contributed by atoms with Crippen molar-refractivity contribution in [1.82, 2.24) is 9.55 Å². The van der Waals surface area contributed by atoms with Crippen LogP contribution in [-0.2, 0) is 20.9 Å². The predicted molar refractivity (Wildman–Crippen MR) is 65.3 cm³/mol. The highest BCUT2D eigenvalue weighted by atomic mass is 79.9. The van der Waals surface area contributed by atoms with Crippen LogP contribution in [0.4, 0.5) is 0 Å². The lowest BCUT2D eigenvalue weighted by atomic mass is 10.3. The van der Waals surface area contributed by atoms with Crippen molar-refractivity contribution in [3.63, 3.8) is 0 Å². The van der Waals surface area contributed by atoms with Gasteiger partial charge in [0.15, 0.2) is 5.78 Å². The summed E-state index contributed by atoms with van der Waals surface area (Å²) in [4.78, 5) is 47.0. The number of aromatic amines is 1. The predicted octanol–water partition coefficient (Wildman–Crippen LogP) is -0.179. The van der Waals surface area contributed by atoms with E-state index in [9.17, 15) is 19.2 Å². The van der Waals surface area contributed by atoms with Gasteiger partial charge in [0, 0.05) is 6.20 Å². The molecule has 1 aromatic heterocycles. The highest BCUT2D eigenvalue weighted by molar-refractivity contribution is 9.10. The summed E-state index contributed by atoms with van der Waals surface area (Å²) in [6, 6.07) is 0. The number of Topliss-reactive ketones (excluding diaryl/α,β-unsaturated/α-hetero) is 1. The Hall–Kier alpha value is -1.70. The van der Waals surface area contributed by atoms with Gasteiger partial charge in [-0.1, -0.05) is 0 Å². The number of H-pyrrole nitrogens is 1. The van der Waals surface area contributed by atoms with Crippen LogP contribution in [0.3, 0.4) is 0 Å². The number of ether oxygens (including phenoxy) is 1. The number of nitrogens with zero attached hydrogens (tertiary/aromatic N) is 1. The van der Waals surface area contributed by atoms with Gasteiger partial charge in [-0.25, -0.2) is 4.79 Å². The standard InChI is InChI=1S/C10H11BrN2O5/c1-2-18-8(15)3-6(14)4-13-5-7(11)9(16)12-10(13)17/h5H,2-4H2,1H3,(H,12,16,17). The van der Waals surface area contributed by atoms with Crippen LogP contribution >= 0.6 is 15.9 Å². The van der Waals surface area contributed by atoms with E-state index in [1.807, 2.05) is 4.98 Å². The van der Waals surface area contributed by atoms with E-state index in [0.29, 0.717) is 0 Å². The summed E-state index contributed by atoms with van der Waals surface area (Å²) in [5.41, 5.74) is -1.28. The Morgan fingerprint density at radius 1 is 1.44 bits per heavy atom. The third-order valence-corrected chi connectivity index (χ3v) is 2.53. The highest BCUT2D eigenvalue weighted by Gasteiger charge is 2.12. The van der Waals surface area contributed by atoms with Gasteiger partial charge in [-0.05, 0) is 22.9 Å². The maximum Gasteiger partial charge on any atom is 0.328 e. The van der Waals surface area contributed by atoms with Crippen LogP contribution in [0.25, 0.3) is 0 Å². The van der Waals surface area contributed by atoms with Crippen molar-refractivity contribution < 1.29 is 14.3 Å². The molecule has 1 rings (SSSR count). The Kier molecular flexibility index (Phi) is 5.02. The van der Waals surface area contributed by atoms with Gasteiger partial charge in [-0.2, -0.15) is 0 Å². The maximum absolute atomic E-state index is 11.5. The van der Waals surface area contributed by atoms with E-state index >= 15 is 0 Å². The van der Waals surface area contributed by atoms with E-state index in [1.54, 1.807) is 6.92 Å². The number of ketones is 1. The van der Waals surface area contributed by atoms with Crippen molar-refractivity contribution in [3.8, 4) is 0 Å². The van der Waals surface area contributed by atoms with Crippen molar-refractivity contribution in [3.05, 3.63) is 31.5 Å². The van der Waals surface area contributed by atoms with Gasteiger partial charge in [0.05, 0.1) is 17.6 Å². The fraction of sp³-hybridized carbons (Fsp3) is 0.400. The fourth-order valence-electron chi connectivity index (χ4n) is 1.22. The van der Waals surface area contributed by atoms with Crippen LogP contribution in [-0.4, -0.2) is 27.9 Å². The van der Waals surface area contributed by atoms with Crippen LogP contribution in [0, 0.1) is 0 Å². The Morgan fingerprint density at radius 3 is 2.72 bits per heavy atom. The number of esters is 1. The van der Waals surface area contributed by atoms with Gasteiger partial charge >= 0.3 is 11.7 Å². The summed E-state index contributed by atoms with van der Waals surface area (Å²) >= 11 is 2.94. The molecule has 1 heterocycles. The molecule has 0 aromatic carbocycles. The van der Waals surface area contributed by atoms with Gasteiger partial charge in [0.1, 0.15) is 6.42 Å². The molecule has 18 heavy (non-hydrogen) atoms. The third kappa shape index (κ3) is 3.95. The Morgan fingerprint density at radius 2 is 2.11 bits per heavy atom. The van der Waals surface area contributed by atoms with Crippen LogP contribution in [0.1, 0.15) is 13.3 Å². The molecule has 0 saturated carbocycles. The van der Waals surface area contributed by atoms with E-state index in [-0.39, 0.29) is 17.6 Å². The molecule has 1 aromatic rings. The molecule has 0 radical (unpaired) electrons. The lowest BCUT2D eigenvalue weighted by Crippen LogP contribution is -2.32. The van der Waals surface area contributed by atoms with Gasteiger partial charge in [0.25, 0.3) is 5.56 Å². The summed E-state index contributed by atoms with van der Waals surface area (Å²) in [6.45, 7) is 1.52. The molecular weight excluding hydrogens is 308 g/mol. The molecule has 0 aliphatic heterocycles. The number of nitrogens with one attached hydrogen (secondary N) is 1. The quantitative estimate of drug-likeness (QED) is 0.600. The number of carbonyl (C=O) groups excluding carboxylic acids is 2. The number of aromatic nitrogens is 2. The number of hydrogen-bond donors (Lipinski definition) is 1. The average molecular weight is 319 g/mol. The van der Waals surface area contributed by atoms with Gasteiger partial charge in [0.2, 0.25) is 0 Å². The molecule has 8 heteroatoms.